The summed E-state index contributed by atoms with van der Waals surface area (Å²) in [5, 5.41) is 8.19. The van der Waals surface area contributed by atoms with Gasteiger partial charge in [-0.1, -0.05) is 26.0 Å². The highest BCUT2D eigenvalue weighted by atomic mass is 16.2. The Morgan fingerprint density at radius 2 is 1.63 bits per heavy atom. The first-order valence-corrected chi connectivity index (χ1v) is 6.61. The van der Waals surface area contributed by atoms with Crippen LogP contribution in [0.3, 0.4) is 0 Å². The molecule has 5 heteroatoms. The molecule has 19 heavy (non-hydrogen) atoms. The molecule has 0 saturated carbocycles. The van der Waals surface area contributed by atoms with Crippen LogP contribution in [0.1, 0.15) is 37.0 Å². The van der Waals surface area contributed by atoms with Crippen molar-refractivity contribution in [3.05, 3.63) is 29.8 Å². The van der Waals surface area contributed by atoms with Crippen LogP contribution in [0.25, 0.3) is 0 Å². The number of rotatable bonds is 6. The van der Waals surface area contributed by atoms with Gasteiger partial charge in [0.2, 0.25) is 0 Å². The Morgan fingerprint density at radius 3 is 2.32 bits per heavy atom. The van der Waals surface area contributed by atoms with Gasteiger partial charge < -0.3 is 16.0 Å². The number of urea groups is 1. The smallest absolute Gasteiger partial charge is 0.319 e. The van der Waals surface area contributed by atoms with Crippen LogP contribution in [-0.4, -0.2) is 25.0 Å². The van der Waals surface area contributed by atoms with Gasteiger partial charge >= 0.3 is 6.03 Å². The second-order valence-corrected chi connectivity index (χ2v) is 4.18. The summed E-state index contributed by atoms with van der Waals surface area (Å²) in [4.78, 5) is 23.5. The van der Waals surface area contributed by atoms with Crippen molar-refractivity contribution in [3.8, 4) is 0 Å². The van der Waals surface area contributed by atoms with Crippen LogP contribution in [0, 0.1) is 0 Å². The number of benzene rings is 1. The lowest BCUT2D eigenvalue weighted by Crippen LogP contribution is -2.31. The average molecular weight is 263 g/mol. The summed E-state index contributed by atoms with van der Waals surface area (Å²) >= 11 is 0. The number of anilines is 1. The molecule has 0 aromatic heterocycles. The van der Waals surface area contributed by atoms with Crippen molar-refractivity contribution >= 4 is 17.6 Å². The highest BCUT2D eigenvalue weighted by molar-refractivity contribution is 6.03. The quantitative estimate of drug-likeness (QED) is 0.737. The van der Waals surface area contributed by atoms with Crippen LogP contribution in [0.5, 0.6) is 0 Å². The van der Waals surface area contributed by atoms with E-state index in [4.69, 9.17) is 0 Å². The van der Waals surface area contributed by atoms with Crippen molar-refractivity contribution in [3.63, 3.8) is 0 Å². The molecule has 1 rings (SSSR count). The van der Waals surface area contributed by atoms with E-state index >= 15 is 0 Å². The molecule has 0 fully saturated rings. The monoisotopic (exact) mass is 263 g/mol. The van der Waals surface area contributed by atoms with Crippen molar-refractivity contribution in [2.45, 2.75) is 26.7 Å². The van der Waals surface area contributed by atoms with Crippen molar-refractivity contribution in [2.75, 3.05) is 18.4 Å². The Hall–Kier alpha value is -2.04. The van der Waals surface area contributed by atoms with E-state index in [-0.39, 0.29) is 11.9 Å². The molecular formula is C14H21N3O2. The maximum absolute atomic E-state index is 11.9. The van der Waals surface area contributed by atoms with Gasteiger partial charge in [-0.15, -0.1) is 0 Å². The molecule has 1 aromatic carbocycles. The standard InChI is InChI=1S/C14H21N3O2/c1-3-9-15-13(18)11-7-5-6-8-12(11)17-14(19)16-10-4-2/h5-8H,3-4,9-10H2,1-2H3,(H,15,18)(H2,16,17,19). The molecule has 0 spiro atoms. The first-order chi connectivity index (χ1) is 9.19. The van der Waals surface area contributed by atoms with Gasteiger partial charge in [0.15, 0.2) is 0 Å². The lowest BCUT2D eigenvalue weighted by atomic mass is 10.1. The van der Waals surface area contributed by atoms with Crippen molar-refractivity contribution in [1.29, 1.82) is 0 Å². The SMILES string of the molecule is CCCNC(=O)Nc1ccccc1C(=O)NCCC. The van der Waals surface area contributed by atoms with Gasteiger partial charge in [0.05, 0.1) is 11.3 Å². The maximum Gasteiger partial charge on any atom is 0.319 e. The summed E-state index contributed by atoms with van der Waals surface area (Å²) in [7, 11) is 0. The molecule has 3 amide bonds. The highest BCUT2D eigenvalue weighted by Gasteiger charge is 2.11. The zero-order valence-electron chi connectivity index (χ0n) is 11.5. The zero-order chi connectivity index (χ0) is 14.1. The van der Waals surface area contributed by atoms with Gasteiger partial charge in [-0.25, -0.2) is 4.79 Å². The summed E-state index contributed by atoms with van der Waals surface area (Å²) in [6, 6.07) is 6.67. The number of carbonyl (C=O) groups is 2. The van der Waals surface area contributed by atoms with Gasteiger partial charge in [-0.2, -0.15) is 0 Å². The van der Waals surface area contributed by atoms with Gasteiger partial charge in [-0.3, -0.25) is 4.79 Å². The van der Waals surface area contributed by atoms with E-state index < -0.39 is 0 Å². The van der Waals surface area contributed by atoms with Crippen LogP contribution in [-0.2, 0) is 0 Å². The minimum absolute atomic E-state index is 0.173. The summed E-state index contributed by atoms with van der Waals surface area (Å²) in [6.07, 6.45) is 1.74. The van der Waals surface area contributed by atoms with Gasteiger partial charge in [0.1, 0.15) is 0 Å². The molecule has 0 unspecified atom stereocenters. The van der Waals surface area contributed by atoms with E-state index in [1.807, 2.05) is 13.8 Å². The Morgan fingerprint density at radius 1 is 1.00 bits per heavy atom. The van der Waals surface area contributed by atoms with Crippen molar-refractivity contribution in [2.24, 2.45) is 0 Å². The molecule has 0 aliphatic rings. The molecule has 104 valence electrons. The Bertz CT molecular complexity index is 432. The largest absolute Gasteiger partial charge is 0.352 e. The molecule has 1 aromatic rings. The zero-order valence-corrected chi connectivity index (χ0v) is 11.5. The average Bonchev–Trinajstić information content (AvgIpc) is 2.43. The van der Waals surface area contributed by atoms with E-state index in [9.17, 15) is 9.59 Å². The summed E-state index contributed by atoms with van der Waals surface area (Å²) in [5.41, 5.74) is 0.993. The molecule has 0 atom stereocenters. The van der Waals surface area contributed by atoms with Crippen LogP contribution < -0.4 is 16.0 Å². The van der Waals surface area contributed by atoms with E-state index in [0.29, 0.717) is 24.3 Å². The molecule has 0 saturated heterocycles. The first kappa shape index (κ1) is 15.0. The summed E-state index contributed by atoms with van der Waals surface area (Å²) in [5.74, 6) is -0.173. The molecule has 0 bridgehead atoms. The third-order valence-corrected chi connectivity index (χ3v) is 2.49. The third kappa shape index (κ3) is 4.99. The lowest BCUT2D eigenvalue weighted by Gasteiger charge is -2.11. The van der Waals surface area contributed by atoms with Crippen molar-refractivity contribution in [1.82, 2.24) is 10.6 Å². The predicted octanol–water partition coefficient (Wildman–Crippen LogP) is 2.36. The molecule has 0 heterocycles. The summed E-state index contributed by atoms with van der Waals surface area (Å²) in [6.45, 7) is 5.19. The van der Waals surface area contributed by atoms with Crippen molar-refractivity contribution < 1.29 is 9.59 Å². The topological polar surface area (TPSA) is 70.2 Å². The molecule has 0 radical (unpaired) electrons. The first-order valence-electron chi connectivity index (χ1n) is 6.61. The fraction of sp³-hybridized carbons (Fsp3) is 0.429. The Labute approximate surface area is 113 Å². The minimum Gasteiger partial charge on any atom is -0.352 e. The van der Waals surface area contributed by atoms with E-state index in [1.54, 1.807) is 24.3 Å². The Balaban J connectivity index is 2.72. The number of para-hydroxylation sites is 1. The van der Waals surface area contributed by atoms with Crippen LogP contribution in [0.15, 0.2) is 24.3 Å². The maximum atomic E-state index is 11.9. The number of hydrogen-bond acceptors (Lipinski definition) is 2. The number of nitrogens with one attached hydrogen (secondary N) is 3. The van der Waals surface area contributed by atoms with Gasteiger partial charge in [0, 0.05) is 13.1 Å². The highest BCUT2D eigenvalue weighted by Crippen LogP contribution is 2.14. The minimum atomic E-state index is -0.294. The molecule has 3 N–H and O–H groups in total. The van der Waals surface area contributed by atoms with Gasteiger partial charge in [-0.05, 0) is 25.0 Å². The van der Waals surface area contributed by atoms with Crippen LogP contribution in [0.4, 0.5) is 10.5 Å². The molecule has 5 nitrogen and oxygen atoms in total. The normalized spacial score (nSPS) is 9.79. The van der Waals surface area contributed by atoms with E-state index in [1.165, 1.54) is 0 Å². The third-order valence-electron chi connectivity index (χ3n) is 2.49. The predicted molar refractivity (Wildman–Crippen MR) is 76.4 cm³/mol. The second kappa shape index (κ2) is 8.13. The Kier molecular flexibility index (Phi) is 6.43. The van der Waals surface area contributed by atoms with E-state index in [2.05, 4.69) is 16.0 Å². The van der Waals surface area contributed by atoms with Crippen LogP contribution in [0.2, 0.25) is 0 Å². The molecular weight excluding hydrogens is 242 g/mol. The number of carbonyl (C=O) groups excluding carboxylic acids is 2. The fourth-order valence-corrected chi connectivity index (χ4v) is 1.53. The number of amides is 3. The molecule has 0 aliphatic heterocycles. The fourth-order valence-electron chi connectivity index (χ4n) is 1.53. The molecule has 0 aliphatic carbocycles. The lowest BCUT2D eigenvalue weighted by molar-refractivity contribution is 0.0954. The van der Waals surface area contributed by atoms with Gasteiger partial charge in [0.25, 0.3) is 5.91 Å². The summed E-state index contributed by atoms with van der Waals surface area (Å²) < 4.78 is 0. The van der Waals surface area contributed by atoms with E-state index in [0.717, 1.165) is 12.8 Å². The second-order valence-electron chi connectivity index (χ2n) is 4.18. The van der Waals surface area contributed by atoms with Crippen LogP contribution >= 0.6 is 0 Å². The number of hydrogen-bond donors (Lipinski definition) is 3.